The first kappa shape index (κ1) is 23.4. The molecule has 2 aliphatic heterocycles. The van der Waals surface area contributed by atoms with Gasteiger partial charge in [0.2, 0.25) is 0 Å². The molecule has 8 nitrogen and oxygen atoms in total. The Hall–Kier alpha value is -4.03. The van der Waals surface area contributed by atoms with Gasteiger partial charge in [-0.05, 0) is 43.5 Å². The lowest BCUT2D eigenvalue weighted by Crippen LogP contribution is -2.34. The molecule has 0 fully saturated rings. The second-order valence-electron chi connectivity index (χ2n) is 8.84. The van der Waals surface area contributed by atoms with Crippen LogP contribution in [0, 0.1) is 0 Å². The van der Waals surface area contributed by atoms with E-state index in [1.54, 1.807) is 13.0 Å². The number of halogens is 5. The van der Waals surface area contributed by atoms with E-state index in [-0.39, 0.29) is 29.2 Å². The zero-order valence-electron chi connectivity index (χ0n) is 19.2. The van der Waals surface area contributed by atoms with E-state index in [1.165, 1.54) is 47.7 Å². The van der Waals surface area contributed by atoms with E-state index >= 15 is 0 Å². The van der Waals surface area contributed by atoms with Crippen molar-refractivity contribution in [2.24, 2.45) is 0 Å². The van der Waals surface area contributed by atoms with Gasteiger partial charge in [-0.25, -0.2) is 9.67 Å². The summed E-state index contributed by atoms with van der Waals surface area (Å²) in [5.41, 5.74) is 0.123. The predicted octanol–water partition coefficient (Wildman–Crippen LogP) is 5.79. The van der Waals surface area contributed by atoms with Crippen LogP contribution in [0.3, 0.4) is 0 Å². The maximum Gasteiger partial charge on any atom is 0.586 e. The summed E-state index contributed by atoms with van der Waals surface area (Å²) < 4.78 is 89.8. The molecule has 4 heterocycles. The molecule has 3 aromatic rings. The molecular weight excluding hydrogens is 503 g/mol. The minimum atomic E-state index is -4.67. The minimum absolute atomic E-state index is 0.0271. The molecule has 2 aromatic heterocycles. The lowest BCUT2D eigenvalue weighted by Gasteiger charge is -2.32. The summed E-state index contributed by atoms with van der Waals surface area (Å²) in [5, 5.41) is 7.06. The van der Waals surface area contributed by atoms with E-state index in [4.69, 9.17) is 9.47 Å². The third kappa shape index (κ3) is 3.98. The fourth-order valence-corrected chi connectivity index (χ4v) is 4.81. The number of hydrogen-bond acceptors (Lipinski definition) is 7. The third-order valence-corrected chi connectivity index (χ3v) is 6.40. The first-order valence-electron chi connectivity index (χ1n) is 11.4. The van der Waals surface area contributed by atoms with Gasteiger partial charge in [0, 0.05) is 24.2 Å². The van der Waals surface area contributed by atoms with Crippen LogP contribution in [-0.2, 0) is 27.9 Å². The number of ether oxygens (including phenoxy) is 4. The molecule has 0 unspecified atom stereocenters. The van der Waals surface area contributed by atoms with Gasteiger partial charge < -0.3 is 24.3 Å². The van der Waals surface area contributed by atoms with Crippen LogP contribution in [0.1, 0.15) is 48.3 Å². The molecule has 13 heteroatoms. The van der Waals surface area contributed by atoms with Gasteiger partial charge in [0.25, 0.3) is 5.79 Å². The first-order chi connectivity index (χ1) is 17.5. The van der Waals surface area contributed by atoms with Gasteiger partial charge in [-0.2, -0.15) is 18.3 Å². The van der Waals surface area contributed by atoms with Crippen LogP contribution < -0.4 is 14.8 Å². The molecular formula is C24H19F5N4O4. The third-order valence-electron chi connectivity index (χ3n) is 6.40. The molecule has 0 radical (unpaired) electrons. The van der Waals surface area contributed by atoms with E-state index in [0.29, 0.717) is 29.9 Å². The summed E-state index contributed by atoms with van der Waals surface area (Å²) in [4.78, 5) is 4.26. The number of rotatable bonds is 4. The quantitative estimate of drug-likeness (QED) is 0.435. The molecule has 0 amide bonds. The average molecular weight is 522 g/mol. The topological polar surface area (TPSA) is 79.7 Å². The summed E-state index contributed by atoms with van der Waals surface area (Å²) >= 11 is 0. The van der Waals surface area contributed by atoms with Crippen molar-refractivity contribution in [3.05, 3.63) is 71.6 Å². The standard InChI is InChI=1S/C24H19F5N4O4/c1-13(14-4-5-17-18(11-14)37-24(28,29)36-17)31-19-12-15(6-8-30-19)33-21-16(20(32-33)23(25,26)27)3-2-7-22(21)34-9-10-35-22/h4-6,8-13H,2-3,7H2,1H3,(H,30,31)/t13-/m0/s1. The average Bonchev–Trinajstić information content (AvgIpc) is 3.53. The van der Waals surface area contributed by atoms with Gasteiger partial charge in [-0.3, -0.25) is 0 Å². The summed E-state index contributed by atoms with van der Waals surface area (Å²) in [6.07, 6.45) is -3.39. The number of anilines is 1. The van der Waals surface area contributed by atoms with Crippen LogP contribution in [0.15, 0.2) is 49.1 Å². The number of alkyl halides is 5. The summed E-state index contributed by atoms with van der Waals surface area (Å²) in [6, 6.07) is 7.02. The number of hydrogen-bond donors (Lipinski definition) is 1. The van der Waals surface area contributed by atoms with Crippen molar-refractivity contribution in [2.75, 3.05) is 5.32 Å². The van der Waals surface area contributed by atoms with Crippen LogP contribution in [0.4, 0.5) is 27.8 Å². The molecule has 37 heavy (non-hydrogen) atoms. The first-order valence-corrected chi connectivity index (χ1v) is 11.4. The molecule has 1 atom stereocenters. The number of nitrogens with one attached hydrogen (secondary N) is 1. The van der Waals surface area contributed by atoms with E-state index < -0.39 is 30.0 Å². The Labute approximate surface area is 206 Å². The van der Waals surface area contributed by atoms with Gasteiger partial charge in [-0.1, -0.05) is 6.07 Å². The van der Waals surface area contributed by atoms with Gasteiger partial charge in [-0.15, -0.1) is 8.78 Å². The second-order valence-corrected chi connectivity index (χ2v) is 8.84. The van der Waals surface area contributed by atoms with Crippen molar-refractivity contribution >= 4 is 5.82 Å². The Morgan fingerprint density at radius 1 is 1.05 bits per heavy atom. The van der Waals surface area contributed by atoms with Crippen molar-refractivity contribution < 1.29 is 40.9 Å². The van der Waals surface area contributed by atoms with Crippen molar-refractivity contribution in [1.82, 2.24) is 14.8 Å². The zero-order chi connectivity index (χ0) is 26.0. The van der Waals surface area contributed by atoms with Crippen molar-refractivity contribution in [2.45, 2.75) is 50.5 Å². The highest BCUT2D eigenvalue weighted by Crippen LogP contribution is 2.47. The largest absolute Gasteiger partial charge is 0.586 e. The van der Waals surface area contributed by atoms with Crippen LogP contribution in [0.25, 0.3) is 5.69 Å². The summed E-state index contributed by atoms with van der Waals surface area (Å²) in [7, 11) is 0. The van der Waals surface area contributed by atoms with Crippen molar-refractivity contribution in [3.8, 4) is 17.2 Å². The molecule has 1 aromatic carbocycles. The zero-order valence-corrected chi connectivity index (χ0v) is 19.2. The monoisotopic (exact) mass is 522 g/mol. The van der Waals surface area contributed by atoms with Gasteiger partial charge in [0.15, 0.2) is 17.2 Å². The number of benzene rings is 1. The predicted molar refractivity (Wildman–Crippen MR) is 117 cm³/mol. The Balaban J connectivity index is 1.34. The maximum absolute atomic E-state index is 13.9. The molecule has 6 rings (SSSR count). The number of aromatic nitrogens is 3. The SMILES string of the molecule is C[C@H](Nc1cc(-n2nc(C(F)(F)F)c3c2C2(CCC3)OC=CO2)ccn1)c1ccc2c(c1)OC(F)(F)O2. The molecule has 0 bridgehead atoms. The van der Waals surface area contributed by atoms with Crippen LogP contribution in [0.5, 0.6) is 11.5 Å². The normalized spacial score (nSPS) is 19.3. The molecule has 0 saturated heterocycles. The number of fused-ring (bicyclic) bond motifs is 3. The number of pyridine rings is 1. The second kappa shape index (κ2) is 7.98. The Morgan fingerprint density at radius 2 is 1.81 bits per heavy atom. The molecule has 194 valence electrons. The maximum atomic E-state index is 13.9. The fraction of sp³-hybridized carbons (Fsp3) is 0.333. The number of nitrogens with zero attached hydrogens (tertiary/aromatic N) is 3. The van der Waals surface area contributed by atoms with E-state index in [0.717, 1.165) is 0 Å². The van der Waals surface area contributed by atoms with Gasteiger partial charge in [0.05, 0.1) is 11.7 Å². The Kier molecular flexibility index (Phi) is 5.04. The van der Waals surface area contributed by atoms with Gasteiger partial charge in [0.1, 0.15) is 24.0 Å². The highest BCUT2D eigenvalue weighted by atomic mass is 19.4. The van der Waals surface area contributed by atoms with E-state index in [1.807, 2.05) is 0 Å². The Bertz CT molecular complexity index is 1400. The molecule has 1 spiro atoms. The highest BCUT2D eigenvalue weighted by Gasteiger charge is 2.51. The molecule has 1 N–H and O–H groups in total. The fourth-order valence-electron chi connectivity index (χ4n) is 4.81. The van der Waals surface area contributed by atoms with Crippen molar-refractivity contribution in [1.29, 1.82) is 0 Å². The summed E-state index contributed by atoms with van der Waals surface area (Å²) in [6.45, 7) is 1.77. The lowest BCUT2D eigenvalue weighted by molar-refractivity contribution is -0.286. The van der Waals surface area contributed by atoms with Gasteiger partial charge >= 0.3 is 12.5 Å². The van der Waals surface area contributed by atoms with E-state index in [9.17, 15) is 22.0 Å². The lowest BCUT2D eigenvalue weighted by atomic mass is 9.90. The van der Waals surface area contributed by atoms with Crippen LogP contribution in [-0.4, -0.2) is 21.1 Å². The Morgan fingerprint density at radius 3 is 2.57 bits per heavy atom. The molecule has 1 aliphatic carbocycles. The van der Waals surface area contributed by atoms with Crippen molar-refractivity contribution in [3.63, 3.8) is 0 Å². The smallest absolute Gasteiger partial charge is 0.451 e. The van der Waals surface area contributed by atoms with Crippen LogP contribution >= 0.6 is 0 Å². The van der Waals surface area contributed by atoms with Crippen LogP contribution in [0.2, 0.25) is 0 Å². The molecule has 0 saturated carbocycles. The molecule has 3 aliphatic rings. The highest BCUT2D eigenvalue weighted by molar-refractivity contribution is 5.51. The summed E-state index contributed by atoms with van der Waals surface area (Å²) in [5.74, 6) is -1.26. The van der Waals surface area contributed by atoms with E-state index in [2.05, 4.69) is 24.9 Å². The minimum Gasteiger partial charge on any atom is -0.451 e.